The molecular weight excluding hydrogens is 216 g/mol. The van der Waals surface area contributed by atoms with Crippen molar-refractivity contribution in [3.8, 4) is 0 Å². The fourth-order valence-corrected chi connectivity index (χ4v) is 1.63. The van der Waals surface area contributed by atoms with Crippen molar-refractivity contribution < 1.29 is 14.6 Å². The Labute approximate surface area is 89.3 Å². The Bertz CT molecular complexity index is 523. The van der Waals surface area contributed by atoms with Crippen molar-refractivity contribution >= 4 is 5.97 Å². The summed E-state index contributed by atoms with van der Waals surface area (Å²) in [7, 11) is 0. The number of hydrogen-bond acceptors (Lipinski definition) is 4. The zero-order valence-corrected chi connectivity index (χ0v) is 8.30. The molecule has 1 aromatic heterocycles. The molecule has 2 rings (SSSR count). The highest BCUT2D eigenvalue weighted by Crippen LogP contribution is 2.20. The second kappa shape index (κ2) is 3.93. The topological polar surface area (TPSA) is 101 Å². The molecule has 1 fully saturated rings. The molecule has 1 unspecified atom stereocenters. The first-order chi connectivity index (χ1) is 7.59. The van der Waals surface area contributed by atoms with Crippen molar-refractivity contribution in [2.24, 2.45) is 0 Å². The van der Waals surface area contributed by atoms with E-state index in [0.717, 1.165) is 17.2 Å². The first-order valence-corrected chi connectivity index (χ1v) is 4.80. The number of ether oxygens (including phenoxy) is 1. The number of H-pyrrole nitrogens is 1. The molecule has 2 N–H and O–H groups in total. The largest absolute Gasteiger partial charge is 0.477 e. The van der Waals surface area contributed by atoms with Gasteiger partial charge >= 0.3 is 11.7 Å². The molecule has 0 aromatic carbocycles. The number of carboxylic acid groups (broad SMARTS) is 1. The van der Waals surface area contributed by atoms with Crippen LogP contribution in [0, 0.1) is 0 Å². The van der Waals surface area contributed by atoms with Gasteiger partial charge in [-0.25, -0.2) is 9.59 Å². The maximum Gasteiger partial charge on any atom is 0.342 e. The molecule has 1 aliphatic rings. The van der Waals surface area contributed by atoms with Crippen molar-refractivity contribution in [2.75, 3.05) is 6.61 Å². The van der Waals surface area contributed by atoms with E-state index in [1.54, 1.807) is 0 Å². The van der Waals surface area contributed by atoms with Crippen molar-refractivity contribution in [3.05, 3.63) is 32.6 Å². The van der Waals surface area contributed by atoms with E-state index < -0.39 is 29.0 Å². The van der Waals surface area contributed by atoms with E-state index in [1.165, 1.54) is 0 Å². The maximum absolute atomic E-state index is 11.4. The van der Waals surface area contributed by atoms with Gasteiger partial charge in [0.15, 0.2) is 0 Å². The number of nitrogens with zero attached hydrogens (tertiary/aromatic N) is 1. The van der Waals surface area contributed by atoms with Crippen LogP contribution in [0.1, 0.15) is 29.4 Å². The summed E-state index contributed by atoms with van der Waals surface area (Å²) in [4.78, 5) is 35.3. The van der Waals surface area contributed by atoms with Gasteiger partial charge < -0.3 is 9.84 Å². The number of carboxylic acids is 1. The first kappa shape index (κ1) is 10.6. The lowest BCUT2D eigenvalue weighted by atomic mass is 10.3. The number of carbonyl (C=O) groups is 1. The fraction of sp³-hybridized carbons (Fsp3) is 0.444. The summed E-state index contributed by atoms with van der Waals surface area (Å²) in [5.41, 5.74) is -2.01. The zero-order valence-electron chi connectivity index (χ0n) is 8.30. The summed E-state index contributed by atoms with van der Waals surface area (Å²) in [6.45, 7) is 0.526. The van der Waals surface area contributed by atoms with E-state index in [0.29, 0.717) is 13.0 Å². The Kier molecular flexibility index (Phi) is 2.61. The average molecular weight is 226 g/mol. The number of rotatable bonds is 2. The van der Waals surface area contributed by atoms with E-state index in [1.807, 2.05) is 4.98 Å². The highest BCUT2D eigenvalue weighted by Gasteiger charge is 2.21. The van der Waals surface area contributed by atoms with E-state index >= 15 is 0 Å². The molecule has 0 aliphatic carbocycles. The monoisotopic (exact) mass is 226 g/mol. The Morgan fingerprint density at radius 3 is 2.88 bits per heavy atom. The highest BCUT2D eigenvalue weighted by atomic mass is 16.5. The predicted molar refractivity (Wildman–Crippen MR) is 52.5 cm³/mol. The van der Waals surface area contributed by atoms with Gasteiger partial charge in [0.25, 0.3) is 5.56 Å². The molecule has 1 atom stereocenters. The molecule has 7 nitrogen and oxygen atoms in total. The minimum absolute atomic E-state index is 0.463. The van der Waals surface area contributed by atoms with Gasteiger partial charge in [0.2, 0.25) is 0 Å². The number of aromatic nitrogens is 2. The van der Waals surface area contributed by atoms with Gasteiger partial charge in [-0.05, 0) is 12.8 Å². The van der Waals surface area contributed by atoms with Gasteiger partial charge in [0, 0.05) is 12.8 Å². The van der Waals surface area contributed by atoms with Gasteiger partial charge in [0.05, 0.1) is 0 Å². The summed E-state index contributed by atoms with van der Waals surface area (Å²) in [6.07, 6.45) is 1.98. The Balaban J connectivity index is 2.53. The van der Waals surface area contributed by atoms with Gasteiger partial charge in [-0.1, -0.05) is 0 Å². The average Bonchev–Trinajstić information content (AvgIpc) is 2.70. The van der Waals surface area contributed by atoms with Crippen molar-refractivity contribution in [1.82, 2.24) is 9.55 Å². The standard InChI is InChI=1S/C9H10N2O5/c12-7-5(8(13)14)4-11(9(15)10-7)6-2-1-3-16-6/h4,6H,1-3H2,(H,13,14)(H,10,12,15). The zero-order chi connectivity index (χ0) is 11.7. The Morgan fingerprint density at radius 1 is 1.56 bits per heavy atom. The van der Waals surface area contributed by atoms with Crippen LogP contribution in [-0.2, 0) is 4.74 Å². The lowest BCUT2D eigenvalue weighted by Crippen LogP contribution is -2.35. The van der Waals surface area contributed by atoms with Gasteiger partial charge in [-0.3, -0.25) is 14.3 Å². The van der Waals surface area contributed by atoms with Crippen molar-refractivity contribution in [3.63, 3.8) is 0 Å². The molecule has 7 heteroatoms. The third-order valence-corrected chi connectivity index (χ3v) is 2.41. The summed E-state index contributed by atoms with van der Waals surface area (Å²) >= 11 is 0. The minimum atomic E-state index is -1.37. The predicted octanol–water partition coefficient (Wildman–Crippen LogP) is -0.456. The summed E-state index contributed by atoms with van der Waals surface area (Å²) in [5.74, 6) is -1.37. The lowest BCUT2D eigenvalue weighted by molar-refractivity contribution is 0.0516. The summed E-state index contributed by atoms with van der Waals surface area (Å²) in [6, 6.07) is 0. The van der Waals surface area contributed by atoms with Crippen LogP contribution in [0.15, 0.2) is 15.8 Å². The molecule has 2 heterocycles. The number of hydrogen-bond donors (Lipinski definition) is 2. The quantitative estimate of drug-likeness (QED) is 0.710. The molecule has 1 saturated heterocycles. The molecule has 0 radical (unpaired) electrons. The van der Waals surface area contributed by atoms with Crippen LogP contribution in [0.2, 0.25) is 0 Å². The third kappa shape index (κ3) is 1.76. The number of aromatic amines is 1. The van der Waals surface area contributed by atoms with Crippen molar-refractivity contribution in [1.29, 1.82) is 0 Å². The molecule has 86 valence electrons. The molecule has 0 bridgehead atoms. The van der Waals surface area contributed by atoms with Crippen LogP contribution in [0.25, 0.3) is 0 Å². The van der Waals surface area contributed by atoms with Crippen LogP contribution in [0.4, 0.5) is 0 Å². The highest BCUT2D eigenvalue weighted by molar-refractivity contribution is 5.86. The van der Waals surface area contributed by atoms with Crippen molar-refractivity contribution in [2.45, 2.75) is 19.1 Å². The second-order valence-corrected chi connectivity index (χ2v) is 3.48. The van der Waals surface area contributed by atoms with Gasteiger partial charge in [0.1, 0.15) is 11.8 Å². The number of aromatic carboxylic acids is 1. The summed E-state index contributed by atoms with van der Waals surface area (Å²) in [5, 5.41) is 8.75. The Morgan fingerprint density at radius 2 is 2.31 bits per heavy atom. The molecular formula is C9H10N2O5. The van der Waals surface area contributed by atoms with Gasteiger partial charge in [-0.2, -0.15) is 0 Å². The van der Waals surface area contributed by atoms with Gasteiger partial charge in [-0.15, -0.1) is 0 Å². The molecule has 16 heavy (non-hydrogen) atoms. The smallest absolute Gasteiger partial charge is 0.342 e. The van der Waals surface area contributed by atoms with Crippen LogP contribution in [0.3, 0.4) is 0 Å². The van der Waals surface area contributed by atoms with E-state index in [2.05, 4.69) is 0 Å². The SMILES string of the molecule is O=C(O)c1cn(C2CCCO2)c(=O)[nH]c1=O. The molecule has 0 saturated carbocycles. The third-order valence-electron chi connectivity index (χ3n) is 2.41. The minimum Gasteiger partial charge on any atom is -0.477 e. The molecule has 1 aliphatic heterocycles. The number of nitrogens with one attached hydrogen (secondary N) is 1. The molecule has 0 amide bonds. The Hall–Kier alpha value is -1.89. The normalized spacial score (nSPS) is 19.9. The lowest BCUT2D eigenvalue weighted by Gasteiger charge is -2.12. The van der Waals surface area contributed by atoms with E-state index in [4.69, 9.17) is 9.84 Å². The maximum atomic E-state index is 11.4. The van der Waals surface area contributed by atoms with Crippen LogP contribution >= 0.6 is 0 Å². The van der Waals surface area contributed by atoms with Crippen LogP contribution in [-0.4, -0.2) is 27.2 Å². The first-order valence-electron chi connectivity index (χ1n) is 4.80. The summed E-state index contributed by atoms with van der Waals surface area (Å²) < 4.78 is 6.35. The molecule has 1 aromatic rings. The second-order valence-electron chi connectivity index (χ2n) is 3.48. The van der Waals surface area contributed by atoms with E-state index in [-0.39, 0.29) is 0 Å². The van der Waals surface area contributed by atoms with Crippen LogP contribution < -0.4 is 11.2 Å². The molecule has 0 spiro atoms. The van der Waals surface area contributed by atoms with Crippen LogP contribution in [0.5, 0.6) is 0 Å². The fourth-order valence-electron chi connectivity index (χ4n) is 1.63. The van der Waals surface area contributed by atoms with E-state index in [9.17, 15) is 14.4 Å².